The van der Waals surface area contributed by atoms with Gasteiger partial charge in [-0.25, -0.2) is 9.37 Å². The minimum Gasteiger partial charge on any atom is -0.333 e. The third-order valence-electron chi connectivity index (χ3n) is 3.68. The zero-order valence-corrected chi connectivity index (χ0v) is 11.3. The highest BCUT2D eigenvalue weighted by Gasteiger charge is 2.21. The molecule has 2 aromatic rings. The van der Waals surface area contributed by atoms with E-state index in [-0.39, 0.29) is 11.7 Å². The van der Waals surface area contributed by atoms with E-state index in [1.54, 1.807) is 30.4 Å². The van der Waals surface area contributed by atoms with Crippen LogP contribution in [-0.2, 0) is 13.1 Å². The number of halogens is 1. The normalized spacial score (nSPS) is 14.8. The van der Waals surface area contributed by atoms with E-state index in [1.165, 1.54) is 12.1 Å². The van der Waals surface area contributed by atoms with Crippen molar-refractivity contribution in [3.05, 3.63) is 53.4 Å². The fourth-order valence-electron chi connectivity index (χ4n) is 2.60. The molecule has 1 aromatic carbocycles. The molecule has 0 spiro atoms. The highest BCUT2D eigenvalue weighted by molar-refractivity contribution is 5.95. The van der Waals surface area contributed by atoms with Crippen molar-refractivity contribution >= 4 is 5.91 Å². The van der Waals surface area contributed by atoms with Crippen molar-refractivity contribution < 1.29 is 9.18 Å². The van der Waals surface area contributed by atoms with E-state index in [1.807, 2.05) is 0 Å². The van der Waals surface area contributed by atoms with Crippen LogP contribution in [-0.4, -0.2) is 26.9 Å². The molecule has 3 rings (SSSR count). The second-order valence-electron chi connectivity index (χ2n) is 5.12. The summed E-state index contributed by atoms with van der Waals surface area (Å²) in [5.74, 6) is -0.356. The third-order valence-corrected chi connectivity index (χ3v) is 3.68. The van der Waals surface area contributed by atoms with E-state index in [9.17, 15) is 9.18 Å². The van der Waals surface area contributed by atoms with Gasteiger partial charge in [0.05, 0.1) is 18.6 Å². The van der Waals surface area contributed by atoms with Crippen LogP contribution in [0.15, 0.2) is 30.7 Å². The van der Waals surface area contributed by atoms with Crippen molar-refractivity contribution in [2.75, 3.05) is 6.54 Å². The number of nitrogens with zero attached hydrogens (tertiary/aromatic N) is 3. The summed E-state index contributed by atoms with van der Waals surface area (Å²) in [5.41, 5.74) is 2.28. The molecule has 0 fully saturated rings. The van der Waals surface area contributed by atoms with Crippen LogP contribution < -0.4 is 0 Å². The van der Waals surface area contributed by atoms with E-state index in [0.29, 0.717) is 24.2 Å². The van der Waals surface area contributed by atoms with Gasteiger partial charge in [-0.1, -0.05) is 0 Å². The lowest BCUT2D eigenvalue weighted by molar-refractivity contribution is 0.0745. The summed E-state index contributed by atoms with van der Waals surface area (Å²) in [7, 11) is 0. The Morgan fingerprint density at radius 3 is 3.00 bits per heavy atom. The van der Waals surface area contributed by atoms with Crippen molar-refractivity contribution in [3.63, 3.8) is 0 Å². The maximum absolute atomic E-state index is 13.1. The number of hydrogen-bond acceptors (Lipinski definition) is 2. The van der Waals surface area contributed by atoms with Gasteiger partial charge >= 0.3 is 0 Å². The largest absolute Gasteiger partial charge is 0.333 e. The molecule has 0 radical (unpaired) electrons. The molecule has 4 nitrogen and oxygen atoms in total. The number of hydrogen-bond donors (Lipinski definition) is 0. The van der Waals surface area contributed by atoms with Gasteiger partial charge in [0.25, 0.3) is 5.91 Å². The molecule has 1 amide bonds. The van der Waals surface area contributed by atoms with Crippen molar-refractivity contribution in [2.24, 2.45) is 0 Å². The Morgan fingerprint density at radius 1 is 1.35 bits per heavy atom. The molecule has 104 valence electrons. The maximum atomic E-state index is 13.1. The number of aryl methyl sites for hydroxylation is 2. The first-order valence-electron chi connectivity index (χ1n) is 6.69. The molecule has 1 aromatic heterocycles. The van der Waals surface area contributed by atoms with Gasteiger partial charge in [-0.05, 0) is 37.1 Å². The summed E-state index contributed by atoms with van der Waals surface area (Å²) in [6.45, 7) is 3.90. The first-order chi connectivity index (χ1) is 9.65. The minimum absolute atomic E-state index is 0.0443. The zero-order valence-electron chi connectivity index (χ0n) is 11.3. The standard InChI is InChI=1S/C15H16FN3O/c1-11-7-12(16)3-4-14(11)15(20)18-5-2-6-19-10-17-8-13(19)9-18/h3-4,7-8,10H,2,5-6,9H2,1H3. The van der Waals surface area contributed by atoms with E-state index >= 15 is 0 Å². The number of fused-ring (bicyclic) bond motifs is 1. The summed E-state index contributed by atoms with van der Waals surface area (Å²) < 4.78 is 15.2. The molecule has 2 heterocycles. The quantitative estimate of drug-likeness (QED) is 0.800. The van der Waals surface area contributed by atoms with Crippen molar-refractivity contribution in [1.29, 1.82) is 0 Å². The monoisotopic (exact) mass is 273 g/mol. The predicted octanol–water partition coefficient (Wildman–Crippen LogP) is 2.38. The first kappa shape index (κ1) is 12.8. The molecular formula is C15H16FN3O. The first-order valence-corrected chi connectivity index (χ1v) is 6.69. The minimum atomic E-state index is -0.312. The Bertz CT molecular complexity index is 650. The average Bonchev–Trinajstić information content (AvgIpc) is 2.75. The Kier molecular flexibility index (Phi) is 3.26. The average molecular weight is 273 g/mol. The number of rotatable bonds is 1. The fourth-order valence-corrected chi connectivity index (χ4v) is 2.60. The third kappa shape index (κ3) is 2.31. The molecule has 0 unspecified atom stereocenters. The summed E-state index contributed by atoms with van der Waals surface area (Å²) in [5, 5.41) is 0. The van der Waals surface area contributed by atoms with Crippen molar-refractivity contribution in [1.82, 2.24) is 14.5 Å². The van der Waals surface area contributed by atoms with Crippen LogP contribution in [0, 0.1) is 12.7 Å². The lowest BCUT2D eigenvalue weighted by atomic mass is 10.1. The van der Waals surface area contributed by atoms with Crippen LogP contribution in [0.3, 0.4) is 0 Å². The Morgan fingerprint density at radius 2 is 2.20 bits per heavy atom. The van der Waals surface area contributed by atoms with E-state index < -0.39 is 0 Å². The van der Waals surface area contributed by atoms with Crippen molar-refractivity contribution in [3.8, 4) is 0 Å². The highest BCUT2D eigenvalue weighted by atomic mass is 19.1. The molecule has 20 heavy (non-hydrogen) atoms. The van der Waals surface area contributed by atoms with E-state index in [4.69, 9.17) is 0 Å². The van der Waals surface area contributed by atoms with E-state index in [2.05, 4.69) is 9.55 Å². The Balaban J connectivity index is 1.87. The smallest absolute Gasteiger partial charge is 0.254 e. The summed E-state index contributed by atoms with van der Waals surface area (Å²) >= 11 is 0. The lowest BCUT2D eigenvalue weighted by Gasteiger charge is -2.21. The number of carbonyl (C=O) groups is 1. The summed E-state index contributed by atoms with van der Waals surface area (Å²) in [6, 6.07) is 4.30. The van der Waals surface area contributed by atoms with Crippen LogP contribution in [0.25, 0.3) is 0 Å². The number of aromatic nitrogens is 2. The fraction of sp³-hybridized carbons (Fsp3) is 0.333. The number of carbonyl (C=O) groups excluding carboxylic acids is 1. The van der Waals surface area contributed by atoms with Gasteiger partial charge in [-0.2, -0.15) is 0 Å². The van der Waals surface area contributed by atoms with Gasteiger partial charge in [0.1, 0.15) is 5.82 Å². The molecule has 0 bridgehead atoms. The molecule has 0 aliphatic carbocycles. The molecule has 0 atom stereocenters. The van der Waals surface area contributed by atoms with Gasteiger partial charge in [0.15, 0.2) is 0 Å². The SMILES string of the molecule is Cc1cc(F)ccc1C(=O)N1CCCn2cncc2C1. The van der Waals surface area contributed by atoms with Crippen LogP contribution in [0.1, 0.15) is 28.0 Å². The van der Waals surface area contributed by atoms with E-state index in [0.717, 1.165) is 18.7 Å². The highest BCUT2D eigenvalue weighted by Crippen LogP contribution is 2.17. The second-order valence-corrected chi connectivity index (χ2v) is 5.12. The number of amides is 1. The molecule has 0 saturated heterocycles. The van der Waals surface area contributed by atoms with Gasteiger partial charge < -0.3 is 9.47 Å². The predicted molar refractivity (Wildman–Crippen MR) is 72.7 cm³/mol. The Labute approximate surface area is 116 Å². The molecular weight excluding hydrogens is 257 g/mol. The van der Waals surface area contributed by atoms with Crippen molar-refractivity contribution in [2.45, 2.75) is 26.4 Å². The van der Waals surface area contributed by atoms with Crippen LogP contribution in [0.2, 0.25) is 0 Å². The molecule has 1 aliphatic rings. The number of imidazole rings is 1. The summed E-state index contributed by atoms with van der Waals surface area (Å²) in [6.07, 6.45) is 4.49. The molecule has 0 N–H and O–H groups in total. The topological polar surface area (TPSA) is 38.1 Å². The van der Waals surface area contributed by atoms with Gasteiger partial charge in [0, 0.05) is 24.8 Å². The van der Waals surface area contributed by atoms with Gasteiger partial charge in [-0.3, -0.25) is 4.79 Å². The Hall–Kier alpha value is -2.17. The lowest BCUT2D eigenvalue weighted by Crippen LogP contribution is -2.31. The molecule has 5 heteroatoms. The zero-order chi connectivity index (χ0) is 14.1. The second kappa shape index (κ2) is 5.07. The van der Waals surface area contributed by atoms with Crippen LogP contribution in [0.5, 0.6) is 0 Å². The van der Waals surface area contributed by atoms with Crippen LogP contribution in [0.4, 0.5) is 4.39 Å². The summed E-state index contributed by atoms with van der Waals surface area (Å²) in [4.78, 5) is 18.5. The van der Waals surface area contributed by atoms with Crippen LogP contribution >= 0.6 is 0 Å². The molecule has 1 aliphatic heterocycles. The van der Waals surface area contributed by atoms with Gasteiger partial charge in [-0.15, -0.1) is 0 Å². The molecule has 0 saturated carbocycles. The van der Waals surface area contributed by atoms with Gasteiger partial charge in [0.2, 0.25) is 0 Å². The number of benzene rings is 1. The maximum Gasteiger partial charge on any atom is 0.254 e.